The summed E-state index contributed by atoms with van der Waals surface area (Å²) in [6, 6.07) is 6.55. The van der Waals surface area contributed by atoms with Gasteiger partial charge in [-0.05, 0) is 25.0 Å². The molecule has 1 spiro atoms. The molecule has 1 aromatic heterocycles. The molecule has 24 heavy (non-hydrogen) atoms. The number of likely N-dealkylation sites (tertiary alicyclic amines) is 1. The number of benzene rings is 1. The Morgan fingerprint density at radius 3 is 2.67 bits per heavy atom. The van der Waals surface area contributed by atoms with Gasteiger partial charge in [-0.1, -0.05) is 18.2 Å². The number of nitrogens with zero attached hydrogens (tertiary/aromatic N) is 2. The number of aryl methyl sites for hydroxylation is 2. The summed E-state index contributed by atoms with van der Waals surface area (Å²) in [6.07, 6.45) is 1.66. The van der Waals surface area contributed by atoms with E-state index in [9.17, 15) is 4.79 Å². The molecular weight excluding hydrogens is 302 g/mol. The number of aromatic nitrogens is 1. The number of carbonyl (C=O) groups is 1. The minimum Gasteiger partial charge on any atom is -0.441 e. The van der Waals surface area contributed by atoms with E-state index in [1.165, 1.54) is 27.7 Å². The highest BCUT2D eigenvalue weighted by atomic mass is 16.6. The SMILES string of the molecule is Cc1[nH]c2c(CN3CCC4(CC3)CN(C)C(=O)O4)cccc2c1C. The van der Waals surface area contributed by atoms with Crippen molar-refractivity contribution in [2.45, 2.75) is 38.8 Å². The van der Waals surface area contributed by atoms with Gasteiger partial charge in [-0.15, -0.1) is 0 Å². The minimum absolute atomic E-state index is 0.175. The molecule has 0 bridgehead atoms. The molecule has 5 nitrogen and oxygen atoms in total. The zero-order valence-electron chi connectivity index (χ0n) is 14.7. The van der Waals surface area contributed by atoms with E-state index in [4.69, 9.17) is 4.74 Å². The van der Waals surface area contributed by atoms with Crippen LogP contribution in [0.5, 0.6) is 0 Å². The summed E-state index contributed by atoms with van der Waals surface area (Å²) in [4.78, 5) is 19.4. The van der Waals surface area contributed by atoms with Crippen molar-refractivity contribution in [3.05, 3.63) is 35.0 Å². The first-order valence-electron chi connectivity index (χ1n) is 8.71. The standard InChI is InChI=1S/C19H25N3O2/c1-13-14(2)20-17-15(5-4-6-16(13)17)11-22-9-7-19(8-10-22)12-21(3)18(23)24-19/h4-6,20H,7-12H2,1-3H3. The van der Waals surface area contributed by atoms with Gasteiger partial charge >= 0.3 is 6.09 Å². The van der Waals surface area contributed by atoms with E-state index >= 15 is 0 Å². The lowest BCUT2D eigenvalue weighted by Gasteiger charge is -2.37. The third-order valence-corrected chi connectivity index (χ3v) is 5.73. The van der Waals surface area contributed by atoms with Gasteiger partial charge in [-0.3, -0.25) is 4.90 Å². The van der Waals surface area contributed by atoms with Crippen molar-refractivity contribution < 1.29 is 9.53 Å². The van der Waals surface area contributed by atoms with E-state index < -0.39 is 0 Å². The molecule has 0 unspecified atom stereocenters. The van der Waals surface area contributed by atoms with Crippen LogP contribution in [0, 0.1) is 13.8 Å². The third kappa shape index (κ3) is 2.47. The molecule has 2 aromatic rings. The number of rotatable bonds is 2. The summed E-state index contributed by atoms with van der Waals surface area (Å²) < 4.78 is 5.64. The molecule has 3 heterocycles. The van der Waals surface area contributed by atoms with Crippen LogP contribution in [0.3, 0.4) is 0 Å². The molecule has 5 heteroatoms. The topological polar surface area (TPSA) is 48.6 Å². The van der Waals surface area contributed by atoms with Gasteiger partial charge in [0.15, 0.2) is 0 Å². The zero-order valence-corrected chi connectivity index (χ0v) is 14.7. The Morgan fingerprint density at radius 2 is 2.00 bits per heavy atom. The highest BCUT2D eigenvalue weighted by Gasteiger charge is 2.45. The average molecular weight is 327 g/mol. The molecule has 0 radical (unpaired) electrons. The molecule has 4 rings (SSSR count). The van der Waals surface area contributed by atoms with Gasteiger partial charge in [0.1, 0.15) is 5.60 Å². The monoisotopic (exact) mass is 327 g/mol. The van der Waals surface area contributed by atoms with Gasteiger partial charge in [0.05, 0.1) is 12.1 Å². The number of para-hydroxylation sites is 1. The molecule has 0 aliphatic carbocycles. The van der Waals surface area contributed by atoms with Gasteiger partial charge in [-0.2, -0.15) is 0 Å². The van der Waals surface area contributed by atoms with Crippen molar-refractivity contribution in [1.82, 2.24) is 14.8 Å². The van der Waals surface area contributed by atoms with E-state index in [-0.39, 0.29) is 11.7 Å². The van der Waals surface area contributed by atoms with Crippen LogP contribution in [0.2, 0.25) is 0 Å². The van der Waals surface area contributed by atoms with Crippen molar-refractivity contribution in [1.29, 1.82) is 0 Å². The maximum Gasteiger partial charge on any atom is 0.410 e. The molecule has 2 aliphatic heterocycles. The molecule has 1 aromatic carbocycles. The van der Waals surface area contributed by atoms with Gasteiger partial charge in [-0.25, -0.2) is 4.79 Å². The van der Waals surface area contributed by atoms with Crippen LogP contribution >= 0.6 is 0 Å². The second kappa shape index (κ2) is 5.52. The maximum absolute atomic E-state index is 11.7. The Bertz CT molecular complexity index is 787. The Labute approximate surface area is 142 Å². The summed E-state index contributed by atoms with van der Waals surface area (Å²) in [5, 5.41) is 1.32. The van der Waals surface area contributed by atoms with Crippen molar-refractivity contribution >= 4 is 17.0 Å². The van der Waals surface area contributed by atoms with E-state index in [0.717, 1.165) is 39.0 Å². The fourth-order valence-corrected chi connectivity index (χ4v) is 4.09. The smallest absolute Gasteiger partial charge is 0.410 e. The quantitative estimate of drug-likeness (QED) is 0.921. The van der Waals surface area contributed by atoms with E-state index in [0.29, 0.717) is 0 Å². The summed E-state index contributed by atoms with van der Waals surface area (Å²) in [6.45, 7) is 7.91. The van der Waals surface area contributed by atoms with E-state index in [2.05, 4.69) is 41.9 Å². The normalized spacial score (nSPS) is 21.0. The second-order valence-corrected chi connectivity index (χ2v) is 7.40. The summed E-state index contributed by atoms with van der Waals surface area (Å²) in [5.74, 6) is 0. The van der Waals surface area contributed by atoms with Crippen LogP contribution in [-0.2, 0) is 11.3 Å². The molecule has 1 amide bonds. The average Bonchev–Trinajstić information content (AvgIpc) is 3.00. The largest absolute Gasteiger partial charge is 0.441 e. The Hall–Kier alpha value is -2.01. The van der Waals surface area contributed by atoms with Crippen LogP contribution < -0.4 is 0 Å². The number of likely N-dealkylation sites (N-methyl/N-ethyl adjacent to an activating group) is 1. The number of piperidine rings is 1. The lowest BCUT2D eigenvalue weighted by atomic mass is 9.91. The van der Waals surface area contributed by atoms with Crippen LogP contribution in [0.15, 0.2) is 18.2 Å². The van der Waals surface area contributed by atoms with E-state index in [1.807, 2.05) is 7.05 Å². The molecule has 1 N–H and O–H groups in total. The number of aromatic amines is 1. The summed E-state index contributed by atoms with van der Waals surface area (Å²) in [7, 11) is 1.82. The lowest BCUT2D eigenvalue weighted by molar-refractivity contribution is -0.00111. The van der Waals surface area contributed by atoms with Gasteiger partial charge in [0, 0.05) is 50.6 Å². The Morgan fingerprint density at radius 1 is 1.25 bits per heavy atom. The van der Waals surface area contributed by atoms with Gasteiger partial charge < -0.3 is 14.6 Å². The van der Waals surface area contributed by atoms with Crippen molar-refractivity contribution in [2.24, 2.45) is 0 Å². The first-order valence-corrected chi connectivity index (χ1v) is 8.71. The molecule has 128 valence electrons. The number of H-pyrrole nitrogens is 1. The Kier molecular flexibility index (Phi) is 3.57. The highest BCUT2D eigenvalue weighted by molar-refractivity contribution is 5.87. The molecule has 0 saturated carbocycles. The number of fused-ring (bicyclic) bond motifs is 1. The van der Waals surface area contributed by atoms with Crippen molar-refractivity contribution in [3.8, 4) is 0 Å². The zero-order chi connectivity index (χ0) is 16.9. The highest BCUT2D eigenvalue weighted by Crippen LogP contribution is 2.33. The van der Waals surface area contributed by atoms with Gasteiger partial charge in [0.25, 0.3) is 0 Å². The minimum atomic E-state index is -0.256. The number of hydrogen-bond donors (Lipinski definition) is 1. The first kappa shape index (κ1) is 15.5. The molecule has 2 aliphatic rings. The van der Waals surface area contributed by atoms with Crippen molar-refractivity contribution in [3.63, 3.8) is 0 Å². The summed E-state index contributed by atoms with van der Waals surface area (Å²) in [5.41, 5.74) is 4.94. The van der Waals surface area contributed by atoms with Crippen molar-refractivity contribution in [2.75, 3.05) is 26.7 Å². The predicted molar refractivity (Wildman–Crippen MR) is 94.1 cm³/mol. The third-order valence-electron chi connectivity index (χ3n) is 5.73. The summed E-state index contributed by atoms with van der Waals surface area (Å²) >= 11 is 0. The maximum atomic E-state index is 11.7. The number of amides is 1. The number of hydrogen-bond acceptors (Lipinski definition) is 3. The number of nitrogens with one attached hydrogen (secondary N) is 1. The molecule has 2 saturated heterocycles. The lowest BCUT2D eigenvalue weighted by Crippen LogP contribution is -2.46. The van der Waals surface area contributed by atoms with E-state index in [1.54, 1.807) is 4.90 Å². The number of carbonyl (C=O) groups excluding carboxylic acids is 1. The fourth-order valence-electron chi connectivity index (χ4n) is 4.09. The predicted octanol–water partition coefficient (Wildman–Crippen LogP) is 3.20. The molecule has 0 atom stereocenters. The molecule has 2 fully saturated rings. The number of ether oxygens (including phenoxy) is 1. The second-order valence-electron chi connectivity index (χ2n) is 7.40. The van der Waals surface area contributed by atoms with Crippen LogP contribution in [0.25, 0.3) is 10.9 Å². The van der Waals surface area contributed by atoms with Crippen LogP contribution in [-0.4, -0.2) is 53.2 Å². The first-order chi connectivity index (χ1) is 11.5. The molecular formula is C19H25N3O2. The van der Waals surface area contributed by atoms with Crippen LogP contribution in [0.4, 0.5) is 4.79 Å². The Balaban J connectivity index is 1.48. The van der Waals surface area contributed by atoms with Gasteiger partial charge in [0.2, 0.25) is 0 Å². The fraction of sp³-hybridized carbons (Fsp3) is 0.526. The van der Waals surface area contributed by atoms with Crippen LogP contribution in [0.1, 0.15) is 29.7 Å².